The topological polar surface area (TPSA) is 69.4 Å². The third-order valence-corrected chi connectivity index (χ3v) is 6.46. The summed E-state index contributed by atoms with van der Waals surface area (Å²) in [4.78, 5) is 23.4. The minimum atomic E-state index is -0.548. The Morgan fingerprint density at radius 2 is 2.00 bits per heavy atom. The number of hydrogen-bond donors (Lipinski definition) is 0. The molecule has 3 aliphatic carbocycles. The molecule has 0 unspecified atom stereocenters. The second-order valence-corrected chi connectivity index (χ2v) is 9.84. The van der Waals surface area contributed by atoms with Gasteiger partial charge in [0.2, 0.25) is 6.54 Å². The molecule has 3 aliphatic rings. The fraction of sp³-hybridized carbons (Fsp3) is 0.857. The van der Waals surface area contributed by atoms with Gasteiger partial charge in [0.1, 0.15) is 5.60 Å². The summed E-state index contributed by atoms with van der Waals surface area (Å²) in [7, 11) is 0. The van der Waals surface area contributed by atoms with Crippen LogP contribution in [-0.4, -0.2) is 23.0 Å². The number of carbonyl (C=O) groups is 1. The first-order valence-corrected chi connectivity index (χ1v) is 10.2. The molecule has 2 fully saturated rings. The summed E-state index contributed by atoms with van der Waals surface area (Å²) in [6.07, 6.45) is 12.2. The number of nitro groups is 1. The summed E-state index contributed by atoms with van der Waals surface area (Å²) in [5.41, 5.74) is 0.403. The summed E-state index contributed by atoms with van der Waals surface area (Å²) >= 11 is 0. The first-order valence-electron chi connectivity index (χ1n) is 10.2. The summed E-state index contributed by atoms with van der Waals surface area (Å²) in [6.45, 7) is 5.39. The van der Waals surface area contributed by atoms with Crippen molar-refractivity contribution in [1.82, 2.24) is 0 Å². The van der Waals surface area contributed by atoms with Gasteiger partial charge in [-0.15, -0.1) is 0 Å². The van der Waals surface area contributed by atoms with Crippen LogP contribution >= 0.6 is 0 Å². The number of esters is 1. The number of allylic oxidation sites excluding steroid dienone is 2. The van der Waals surface area contributed by atoms with Crippen LogP contribution in [0, 0.1) is 33.3 Å². The van der Waals surface area contributed by atoms with E-state index in [0.717, 1.165) is 25.2 Å². The highest BCUT2D eigenvalue weighted by Gasteiger charge is 2.59. The molecular formula is C21H33NO4. The lowest BCUT2D eigenvalue weighted by Gasteiger charge is -2.49. The van der Waals surface area contributed by atoms with Crippen molar-refractivity contribution < 1.29 is 14.5 Å². The van der Waals surface area contributed by atoms with Gasteiger partial charge in [0.25, 0.3) is 0 Å². The highest BCUT2D eigenvalue weighted by Crippen LogP contribution is 2.60. The van der Waals surface area contributed by atoms with Crippen molar-refractivity contribution in [1.29, 1.82) is 0 Å². The Kier molecular flexibility index (Phi) is 5.45. The van der Waals surface area contributed by atoms with Gasteiger partial charge in [0.05, 0.1) is 11.8 Å². The van der Waals surface area contributed by atoms with E-state index in [2.05, 4.69) is 6.08 Å². The second kappa shape index (κ2) is 7.32. The molecule has 0 heterocycles. The minimum absolute atomic E-state index is 0.124. The van der Waals surface area contributed by atoms with Gasteiger partial charge >= 0.3 is 5.97 Å². The normalized spacial score (nSPS) is 31.7. The highest BCUT2D eigenvalue weighted by molar-refractivity contribution is 5.71. The first-order chi connectivity index (χ1) is 12.2. The molecule has 0 spiro atoms. The monoisotopic (exact) mass is 363 g/mol. The van der Waals surface area contributed by atoms with Crippen LogP contribution in [0.2, 0.25) is 0 Å². The van der Waals surface area contributed by atoms with Crippen LogP contribution in [-0.2, 0) is 9.53 Å². The Bertz CT molecular complexity index is 585. The average Bonchev–Trinajstić information content (AvgIpc) is 2.83. The maximum absolute atomic E-state index is 12.4. The summed E-state index contributed by atoms with van der Waals surface area (Å²) in [5, 5.41) is 11.3. The Morgan fingerprint density at radius 1 is 1.31 bits per heavy atom. The van der Waals surface area contributed by atoms with E-state index >= 15 is 0 Å². The van der Waals surface area contributed by atoms with E-state index in [-0.39, 0.29) is 29.8 Å². The Labute approximate surface area is 156 Å². The molecule has 0 amide bonds. The predicted octanol–water partition coefficient (Wildman–Crippen LogP) is 4.92. The van der Waals surface area contributed by atoms with Gasteiger partial charge in [-0.2, -0.15) is 0 Å². The summed E-state index contributed by atoms with van der Waals surface area (Å²) < 4.78 is 5.47. The SMILES string of the molecule is CC(C)(C)OC(=O)C[C@@]1(C[N+](=O)[O-])C[C@H]2CC(CC3CCCCC3)=C[C@H]21. The fourth-order valence-electron chi connectivity index (χ4n) is 5.55. The van der Waals surface area contributed by atoms with Crippen LogP contribution in [0.25, 0.3) is 0 Å². The number of hydrogen-bond acceptors (Lipinski definition) is 4. The van der Waals surface area contributed by atoms with Gasteiger partial charge in [0, 0.05) is 4.92 Å². The Balaban J connectivity index is 1.67. The third kappa shape index (κ3) is 4.47. The quantitative estimate of drug-likeness (QED) is 0.291. The predicted molar refractivity (Wildman–Crippen MR) is 100 cm³/mol. The molecular weight excluding hydrogens is 330 g/mol. The number of rotatable bonds is 6. The molecule has 0 aliphatic heterocycles. The third-order valence-electron chi connectivity index (χ3n) is 6.46. The van der Waals surface area contributed by atoms with Crippen LogP contribution in [0.15, 0.2) is 11.6 Å². The molecule has 0 aromatic rings. The molecule has 0 aromatic carbocycles. The van der Waals surface area contributed by atoms with Crippen LogP contribution in [0.1, 0.15) is 78.6 Å². The molecule has 0 aromatic heterocycles. The summed E-state index contributed by atoms with van der Waals surface area (Å²) in [5.74, 6) is 1.17. The van der Waals surface area contributed by atoms with E-state index in [9.17, 15) is 14.9 Å². The molecule has 0 radical (unpaired) electrons. The molecule has 3 atom stereocenters. The molecule has 0 saturated heterocycles. The maximum atomic E-state index is 12.4. The fourth-order valence-corrected chi connectivity index (χ4v) is 5.55. The zero-order valence-electron chi connectivity index (χ0n) is 16.5. The molecule has 5 nitrogen and oxygen atoms in total. The van der Waals surface area contributed by atoms with Crippen molar-refractivity contribution in [3.63, 3.8) is 0 Å². The van der Waals surface area contributed by atoms with Crippen LogP contribution in [0.3, 0.4) is 0 Å². The van der Waals surface area contributed by atoms with Crippen molar-refractivity contribution in [3.8, 4) is 0 Å². The van der Waals surface area contributed by atoms with Gasteiger partial charge in [-0.3, -0.25) is 14.9 Å². The Morgan fingerprint density at radius 3 is 2.62 bits per heavy atom. The van der Waals surface area contributed by atoms with Crippen LogP contribution in [0.4, 0.5) is 0 Å². The van der Waals surface area contributed by atoms with E-state index in [1.165, 1.54) is 37.7 Å². The largest absolute Gasteiger partial charge is 0.460 e. The van der Waals surface area contributed by atoms with E-state index < -0.39 is 11.0 Å². The smallest absolute Gasteiger partial charge is 0.307 e. The molecule has 26 heavy (non-hydrogen) atoms. The molecule has 0 N–H and O–H groups in total. The zero-order valence-corrected chi connectivity index (χ0v) is 16.5. The minimum Gasteiger partial charge on any atom is -0.460 e. The zero-order chi connectivity index (χ0) is 18.9. The van der Waals surface area contributed by atoms with Crippen molar-refractivity contribution >= 4 is 5.97 Å². The van der Waals surface area contributed by atoms with Gasteiger partial charge < -0.3 is 4.74 Å². The molecule has 146 valence electrons. The standard InChI is InChI=1S/C21H33NO4/c1-20(2,3)26-19(23)13-21(14-22(24)25)12-17-10-16(11-18(17)21)9-15-7-5-4-6-8-15/h11,15,17-18H,4-10,12-14H2,1-3H3/t17-,18-,21-/m1/s1. The van der Waals surface area contributed by atoms with E-state index in [0.29, 0.717) is 5.92 Å². The number of carbonyl (C=O) groups excluding carboxylic acids is 1. The van der Waals surface area contributed by atoms with Crippen LogP contribution < -0.4 is 0 Å². The lowest BCUT2D eigenvalue weighted by Crippen LogP contribution is -2.51. The number of fused-ring (bicyclic) bond motifs is 1. The highest BCUT2D eigenvalue weighted by atomic mass is 16.6. The van der Waals surface area contributed by atoms with Gasteiger partial charge in [-0.05, 0) is 57.8 Å². The van der Waals surface area contributed by atoms with Crippen molar-refractivity contribution in [2.45, 2.75) is 84.2 Å². The van der Waals surface area contributed by atoms with Gasteiger partial charge in [-0.25, -0.2) is 0 Å². The molecule has 3 rings (SSSR count). The van der Waals surface area contributed by atoms with E-state index in [4.69, 9.17) is 4.74 Å². The van der Waals surface area contributed by atoms with Crippen LogP contribution in [0.5, 0.6) is 0 Å². The molecule has 5 heteroatoms. The van der Waals surface area contributed by atoms with Crippen molar-refractivity contribution in [2.24, 2.45) is 23.2 Å². The number of nitrogens with zero attached hydrogens (tertiary/aromatic N) is 1. The molecule has 2 saturated carbocycles. The maximum Gasteiger partial charge on any atom is 0.307 e. The number of ether oxygens (including phenoxy) is 1. The molecule has 0 bridgehead atoms. The average molecular weight is 363 g/mol. The lowest BCUT2D eigenvalue weighted by atomic mass is 9.53. The Hall–Kier alpha value is -1.39. The van der Waals surface area contributed by atoms with Gasteiger partial charge in [-0.1, -0.05) is 43.8 Å². The van der Waals surface area contributed by atoms with Crippen molar-refractivity contribution in [3.05, 3.63) is 21.8 Å². The van der Waals surface area contributed by atoms with Gasteiger partial charge in [0.15, 0.2) is 0 Å². The second-order valence-electron chi connectivity index (χ2n) is 9.84. The lowest BCUT2D eigenvalue weighted by molar-refractivity contribution is -0.506. The summed E-state index contributed by atoms with van der Waals surface area (Å²) in [6, 6.07) is 0. The van der Waals surface area contributed by atoms with E-state index in [1.807, 2.05) is 20.8 Å². The van der Waals surface area contributed by atoms with E-state index in [1.54, 1.807) is 0 Å². The van der Waals surface area contributed by atoms with Crippen molar-refractivity contribution in [2.75, 3.05) is 6.54 Å². The first kappa shape index (κ1) is 19.4.